The zero-order chi connectivity index (χ0) is 22.7. The van der Waals surface area contributed by atoms with Gasteiger partial charge in [-0.1, -0.05) is 36.8 Å². The average Bonchev–Trinajstić information content (AvgIpc) is 3.12. The van der Waals surface area contributed by atoms with Gasteiger partial charge in [0.25, 0.3) is 11.8 Å². The smallest absolute Gasteiger partial charge is 0.259 e. The molecular weight excluding hydrogens is 420 g/mol. The summed E-state index contributed by atoms with van der Waals surface area (Å²) in [6.45, 7) is 6.63. The summed E-state index contributed by atoms with van der Waals surface area (Å²) < 4.78 is 5.66. The highest BCUT2D eigenvalue weighted by Crippen LogP contribution is 2.40. The van der Waals surface area contributed by atoms with Crippen LogP contribution in [0.15, 0.2) is 48.5 Å². The number of thiophene rings is 1. The summed E-state index contributed by atoms with van der Waals surface area (Å²) >= 11 is 1.52. The fourth-order valence-corrected chi connectivity index (χ4v) is 5.40. The van der Waals surface area contributed by atoms with Crippen molar-refractivity contribution in [3.63, 3.8) is 0 Å². The molecule has 0 bridgehead atoms. The molecule has 166 valence electrons. The molecule has 2 amide bonds. The molecule has 0 saturated heterocycles. The number of nitrogens with one attached hydrogen (secondary N) is 2. The molecule has 1 heterocycles. The molecule has 0 radical (unpaired) electrons. The highest BCUT2D eigenvalue weighted by atomic mass is 32.1. The van der Waals surface area contributed by atoms with E-state index in [2.05, 4.69) is 17.6 Å². The van der Waals surface area contributed by atoms with Crippen molar-refractivity contribution in [3.05, 3.63) is 75.7 Å². The maximum Gasteiger partial charge on any atom is 0.259 e. The van der Waals surface area contributed by atoms with Crippen LogP contribution >= 0.6 is 11.3 Å². The summed E-state index contributed by atoms with van der Waals surface area (Å²) in [6.07, 6.45) is 2.80. The topological polar surface area (TPSA) is 67.4 Å². The van der Waals surface area contributed by atoms with Crippen molar-refractivity contribution < 1.29 is 14.3 Å². The molecule has 1 aromatic heterocycles. The summed E-state index contributed by atoms with van der Waals surface area (Å²) in [4.78, 5) is 27.6. The van der Waals surface area contributed by atoms with Gasteiger partial charge in [0.05, 0.1) is 17.9 Å². The Hall–Kier alpha value is -3.12. The number of amides is 2. The first kappa shape index (κ1) is 22.1. The van der Waals surface area contributed by atoms with Gasteiger partial charge in [0.2, 0.25) is 0 Å². The van der Waals surface area contributed by atoms with Crippen LogP contribution in [0.2, 0.25) is 0 Å². The van der Waals surface area contributed by atoms with Crippen LogP contribution in [0.3, 0.4) is 0 Å². The Morgan fingerprint density at radius 2 is 1.81 bits per heavy atom. The second-order valence-corrected chi connectivity index (χ2v) is 9.36. The molecule has 4 rings (SSSR count). The molecule has 0 fully saturated rings. The number of para-hydroxylation sites is 2. The van der Waals surface area contributed by atoms with Crippen molar-refractivity contribution in [2.45, 2.75) is 40.0 Å². The van der Waals surface area contributed by atoms with Crippen LogP contribution in [-0.4, -0.2) is 18.4 Å². The van der Waals surface area contributed by atoms with Crippen molar-refractivity contribution in [2.24, 2.45) is 5.92 Å². The number of ether oxygens (including phenoxy) is 1. The fraction of sp³-hybridized carbons (Fsp3) is 0.308. The highest BCUT2D eigenvalue weighted by Gasteiger charge is 2.29. The number of fused-ring (bicyclic) bond motifs is 1. The molecule has 3 aromatic rings. The second-order valence-electron chi connectivity index (χ2n) is 8.26. The van der Waals surface area contributed by atoms with Gasteiger partial charge in [0, 0.05) is 10.4 Å². The number of aryl methyl sites for hydroxylation is 1. The average molecular weight is 449 g/mol. The SMILES string of the molecule is CCOc1ccccc1NC(=O)c1c(NC(=O)c2ccc(C)cc2)sc2c1CC[C@@H](C)C2. The lowest BCUT2D eigenvalue weighted by Gasteiger charge is -2.19. The van der Waals surface area contributed by atoms with E-state index in [0.29, 0.717) is 40.1 Å². The number of benzene rings is 2. The van der Waals surface area contributed by atoms with E-state index in [4.69, 9.17) is 4.74 Å². The van der Waals surface area contributed by atoms with E-state index >= 15 is 0 Å². The number of anilines is 2. The van der Waals surface area contributed by atoms with Gasteiger partial charge in [-0.25, -0.2) is 0 Å². The molecule has 0 spiro atoms. The summed E-state index contributed by atoms with van der Waals surface area (Å²) in [6, 6.07) is 14.8. The molecule has 5 nitrogen and oxygen atoms in total. The Balaban J connectivity index is 1.66. The zero-order valence-electron chi connectivity index (χ0n) is 18.7. The van der Waals surface area contributed by atoms with Crippen LogP contribution in [0.1, 0.15) is 57.0 Å². The van der Waals surface area contributed by atoms with Gasteiger partial charge in [0.15, 0.2) is 0 Å². The number of carbonyl (C=O) groups excluding carboxylic acids is 2. The molecule has 0 saturated carbocycles. The number of carbonyl (C=O) groups is 2. The lowest BCUT2D eigenvalue weighted by Crippen LogP contribution is -2.19. The highest BCUT2D eigenvalue weighted by molar-refractivity contribution is 7.17. The van der Waals surface area contributed by atoms with Gasteiger partial charge < -0.3 is 15.4 Å². The van der Waals surface area contributed by atoms with E-state index in [1.54, 1.807) is 12.1 Å². The van der Waals surface area contributed by atoms with Crippen LogP contribution in [0, 0.1) is 12.8 Å². The lowest BCUT2D eigenvalue weighted by atomic mass is 9.88. The molecule has 6 heteroatoms. The minimum absolute atomic E-state index is 0.208. The van der Waals surface area contributed by atoms with Gasteiger partial charge in [0.1, 0.15) is 10.8 Å². The molecule has 0 aliphatic heterocycles. The minimum Gasteiger partial charge on any atom is -0.492 e. The molecule has 1 aliphatic rings. The second kappa shape index (κ2) is 9.57. The number of hydrogen-bond donors (Lipinski definition) is 2. The number of rotatable bonds is 6. The van der Waals surface area contributed by atoms with E-state index in [1.165, 1.54) is 16.2 Å². The summed E-state index contributed by atoms with van der Waals surface area (Å²) in [7, 11) is 0. The van der Waals surface area contributed by atoms with Crippen molar-refractivity contribution in [1.82, 2.24) is 0 Å². The molecule has 1 atom stereocenters. The fourth-order valence-electron chi connectivity index (χ4n) is 4.00. The minimum atomic E-state index is -0.219. The van der Waals surface area contributed by atoms with Crippen LogP contribution < -0.4 is 15.4 Å². The van der Waals surface area contributed by atoms with Crippen LogP contribution in [0.25, 0.3) is 0 Å². The monoisotopic (exact) mass is 448 g/mol. The first-order valence-corrected chi connectivity index (χ1v) is 11.8. The zero-order valence-corrected chi connectivity index (χ0v) is 19.5. The van der Waals surface area contributed by atoms with Gasteiger partial charge in [-0.2, -0.15) is 0 Å². The Morgan fingerprint density at radius 3 is 2.56 bits per heavy atom. The van der Waals surface area contributed by atoms with Crippen molar-refractivity contribution in [1.29, 1.82) is 0 Å². The Bertz CT molecular complexity index is 1130. The maximum atomic E-state index is 13.5. The molecule has 1 aliphatic carbocycles. The van der Waals surface area contributed by atoms with Gasteiger partial charge in [-0.15, -0.1) is 11.3 Å². The Labute approximate surface area is 192 Å². The van der Waals surface area contributed by atoms with Gasteiger partial charge in [-0.3, -0.25) is 9.59 Å². The van der Waals surface area contributed by atoms with Crippen LogP contribution in [-0.2, 0) is 12.8 Å². The van der Waals surface area contributed by atoms with E-state index in [1.807, 2.05) is 50.2 Å². The molecule has 2 N–H and O–H groups in total. The summed E-state index contributed by atoms with van der Waals surface area (Å²) in [5.41, 5.74) is 3.92. The number of hydrogen-bond acceptors (Lipinski definition) is 4. The quantitative estimate of drug-likeness (QED) is 0.480. The first-order chi connectivity index (χ1) is 15.5. The molecule has 2 aromatic carbocycles. The van der Waals surface area contributed by atoms with Crippen LogP contribution in [0.5, 0.6) is 5.75 Å². The molecule has 0 unspecified atom stereocenters. The maximum absolute atomic E-state index is 13.5. The summed E-state index contributed by atoms with van der Waals surface area (Å²) in [5, 5.41) is 6.64. The lowest BCUT2D eigenvalue weighted by molar-refractivity contribution is 0.102. The summed E-state index contributed by atoms with van der Waals surface area (Å²) in [5.74, 6) is 0.770. The predicted molar refractivity (Wildman–Crippen MR) is 130 cm³/mol. The molecule has 32 heavy (non-hydrogen) atoms. The normalized spacial score (nSPS) is 15.0. The molecular formula is C26H28N2O3S. The van der Waals surface area contributed by atoms with Crippen molar-refractivity contribution in [2.75, 3.05) is 17.2 Å². The third kappa shape index (κ3) is 4.70. The standard InChI is InChI=1S/C26H28N2O3S/c1-4-31-21-8-6-5-7-20(21)27-25(30)23-19-14-11-17(3)15-22(19)32-26(23)28-24(29)18-12-9-16(2)10-13-18/h5-10,12-13,17H,4,11,14-15H2,1-3H3,(H,27,30)(H,28,29)/t17-/m1/s1. The Kier molecular flexibility index (Phi) is 6.61. The van der Waals surface area contributed by atoms with Gasteiger partial charge in [-0.05, 0) is 68.9 Å². The van der Waals surface area contributed by atoms with E-state index in [-0.39, 0.29) is 11.8 Å². The van der Waals surface area contributed by atoms with E-state index < -0.39 is 0 Å². The van der Waals surface area contributed by atoms with Gasteiger partial charge >= 0.3 is 0 Å². The van der Waals surface area contributed by atoms with Crippen LogP contribution in [0.4, 0.5) is 10.7 Å². The van der Waals surface area contributed by atoms with Crippen molar-refractivity contribution in [3.8, 4) is 5.75 Å². The van der Waals surface area contributed by atoms with E-state index in [9.17, 15) is 9.59 Å². The largest absolute Gasteiger partial charge is 0.492 e. The third-order valence-corrected chi connectivity index (χ3v) is 6.88. The van der Waals surface area contributed by atoms with E-state index in [0.717, 1.165) is 30.4 Å². The third-order valence-electron chi connectivity index (χ3n) is 5.71. The first-order valence-electron chi connectivity index (χ1n) is 11.0. The predicted octanol–water partition coefficient (Wildman–Crippen LogP) is 6.08. The van der Waals surface area contributed by atoms with Crippen molar-refractivity contribution >= 4 is 33.8 Å². The Morgan fingerprint density at radius 1 is 1.06 bits per heavy atom.